The summed E-state index contributed by atoms with van der Waals surface area (Å²) in [6.45, 7) is -14.9. The van der Waals surface area contributed by atoms with Crippen molar-refractivity contribution in [2.24, 2.45) is 0 Å². The predicted molar refractivity (Wildman–Crippen MR) is 125 cm³/mol. The molecule has 1 saturated carbocycles. The zero-order valence-corrected chi connectivity index (χ0v) is 24.7. The van der Waals surface area contributed by atoms with Crippen LogP contribution in [0.5, 0.6) is 0 Å². The Morgan fingerprint density at radius 1 is 0.510 bits per heavy atom. The molecule has 0 aromatic heterocycles. The first-order valence-electron chi connectivity index (χ1n) is 13.6. The van der Waals surface area contributed by atoms with Gasteiger partial charge in [-0.1, -0.05) is 0 Å². The number of alkyl halides is 17. The van der Waals surface area contributed by atoms with E-state index in [-0.39, 0.29) is 0 Å². The van der Waals surface area contributed by atoms with Crippen molar-refractivity contribution in [3.63, 3.8) is 0 Å². The summed E-state index contributed by atoms with van der Waals surface area (Å²) in [6.07, 6.45) is -33.2. The smallest absolute Gasteiger partial charge is 0.383 e. The highest BCUT2D eigenvalue weighted by atomic mass is 19.3. The number of aliphatic hydroxyl groups excluding tert-OH is 2. The normalized spacial score (nSPS) is 20.5. The molecule has 0 amide bonds. The van der Waals surface area contributed by atoms with E-state index >= 15 is 0 Å². The maximum atomic E-state index is 14.8. The molecule has 1 rings (SSSR count). The minimum atomic E-state index is -5.43. The second-order valence-corrected chi connectivity index (χ2v) is 10.9. The molecule has 0 bridgehead atoms. The molecule has 0 radical (unpaired) electrons. The van der Waals surface area contributed by atoms with Crippen LogP contribution in [0.25, 0.3) is 0 Å². The van der Waals surface area contributed by atoms with Gasteiger partial charge in [-0.2, -0.15) is 35.1 Å². The molecule has 49 heavy (non-hydrogen) atoms. The van der Waals surface area contributed by atoms with Crippen LogP contribution in [0, 0.1) is 0 Å². The van der Waals surface area contributed by atoms with Crippen molar-refractivity contribution in [3.05, 3.63) is 0 Å². The fourth-order valence-corrected chi connectivity index (χ4v) is 3.69. The van der Waals surface area contributed by atoms with Crippen molar-refractivity contribution >= 4 is 0 Å². The van der Waals surface area contributed by atoms with Gasteiger partial charge in [-0.15, -0.1) is 0 Å². The van der Waals surface area contributed by atoms with Crippen molar-refractivity contribution in [2.45, 2.75) is 98.6 Å². The fraction of sp³-hybridized carbons (Fsp3) is 1.00. The van der Waals surface area contributed by atoms with Gasteiger partial charge in [-0.3, -0.25) is 9.47 Å². The van der Waals surface area contributed by atoms with Gasteiger partial charge in [-0.05, 0) is 6.42 Å². The molecule has 1 aliphatic carbocycles. The van der Waals surface area contributed by atoms with Crippen LogP contribution in [0.15, 0.2) is 0 Å². The van der Waals surface area contributed by atoms with Gasteiger partial charge in [0.25, 0.3) is 23.7 Å². The highest BCUT2D eigenvalue weighted by Gasteiger charge is 2.57. The van der Waals surface area contributed by atoms with Gasteiger partial charge in [-0.25, -0.2) is 39.5 Å². The third-order valence-electron chi connectivity index (χ3n) is 5.90. The van der Waals surface area contributed by atoms with E-state index in [4.69, 9.17) is 10.2 Å². The zero-order chi connectivity index (χ0) is 38.2. The molecule has 0 spiro atoms. The third kappa shape index (κ3) is 18.0. The molecule has 2 N–H and O–H groups in total. The monoisotopic (exact) mass is 770 g/mol. The average molecular weight is 770 g/mol. The maximum Gasteiger partial charge on any atom is 0.383 e. The van der Waals surface area contributed by atoms with Crippen molar-refractivity contribution < 1.29 is 113 Å². The zero-order valence-electron chi connectivity index (χ0n) is 24.7. The molecule has 294 valence electrons. The highest BCUT2D eigenvalue weighted by Crippen LogP contribution is 2.44. The quantitative estimate of drug-likeness (QED) is 0.0982. The van der Waals surface area contributed by atoms with Crippen molar-refractivity contribution in [3.8, 4) is 0 Å². The fourth-order valence-electron chi connectivity index (χ4n) is 3.69. The Kier molecular flexibility index (Phi) is 15.7. The minimum absolute atomic E-state index is 0.621. The number of rotatable bonds is 26. The molecule has 1 aliphatic rings. The van der Waals surface area contributed by atoms with Crippen LogP contribution in [-0.2, 0) is 28.4 Å². The lowest BCUT2D eigenvalue weighted by molar-refractivity contribution is -0.401. The summed E-state index contributed by atoms with van der Waals surface area (Å²) in [7, 11) is 0. The Hall–Kier alpha value is -1.51. The number of hydrogen-bond donors (Lipinski definition) is 2. The molecule has 0 saturated heterocycles. The molecule has 0 aromatic rings. The van der Waals surface area contributed by atoms with Crippen LogP contribution in [-0.4, -0.2) is 123 Å². The van der Waals surface area contributed by atoms with E-state index in [9.17, 15) is 74.6 Å². The minimum Gasteiger partial charge on any atom is -0.396 e. The van der Waals surface area contributed by atoms with Crippen LogP contribution in [0.3, 0.4) is 0 Å². The van der Waals surface area contributed by atoms with Crippen LogP contribution in [0.1, 0.15) is 38.5 Å². The van der Waals surface area contributed by atoms with Gasteiger partial charge in [0.05, 0.1) is 0 Å². The standard InChI is InChI=1S/C24H31F17O8/c25-16(26,3-5-42)9-44-13-23(38,39)48-21(34,35)7-18(29,30)11-46-15-1-2-20(15,33)47-12-19(31,32)8-22(36,37)49-24(40,41)14-45-10-17(27,28)4-6-43/h15,42-43H,1-14H2. The Morgan fingerprint density at radius 3 is 1.24 bits per heavy atom. The van der Waals surface area contributed by atoms with Crippen LogP contribution < -0.4 is 0 Å². The number of halogens is 17. The SMILES string of the molecule is OCCC(F)(F)COCC(F)(F)OC(F)(F)CC(F)(F)COC1CCC1(F)OCC(F)(F)CC(F)(F)OC(F)(F)COCC(F)(F)CCO. The molecular weight excluding hydrogens is 739 g/mol. The van der Waals surface area contributed by atoms with Crippen LogP contribution in [0.2, 0.25) is 0 Å². The summed E-state index contributed by atoms with van der Waals surface area (Å²) in [4.78, 5) is 0. The van der Waals surface area contributed by atoms with E-state index in [1.807, 2.05) is 0 Å². The molecule has 0 aromatic carbocycles. The highest BCUT2D eigenvalue weighted by molar-refractivity contribution is 4.92. The van der Waals surface area contributed by atoms with Gasteiger partial charge in [0.15, 0.2) is 0 Å². The van der Waals surface area contributed by atoms with Crippen LogP contribution >= 0.6 is 0 Å². The second kappa shape index (κ2) is 16.9. The van der Waals surface area contributed by atoms with E-state index < -0.39 is 151 Å². The van der Waals surface area contributed by atoms with Crippen molar-refractivity contribution in [1.82, 2.24) is 0 Å². The first-order valence-corrected chi connectivity index (χ1v) is 13.6. The van der Waals surface area contributed by atoms with Gasteiger partial charge < -0.3 is 29.2 Å². The summed E-state index contributed by atoms with van der Waals surface area (Å²) in [6, 6.07) is 0. The topological polar surface area (TPSA) is 95.8 Å². The molecule has 2 unspecified atom stereocenters. The van der Waals surface area contributed by atoms with Gasteiger partial charge in [0, 0.05) is 32.5 Å². The molecular formula is C24H31F17O8. The predicted octanol–water partition coefficient (Wildman–Crippen LogP) is 6.37. The molecule has 25 heteroatoms. The maximum absolute atomic E-state index is 14.8. The first-order chi connectivity index (χ1) is 21.9. The largest absolute Gasteiger partial charge is 0.396 e. The number of aliphatic hydroxyl groups is 2. The average Bonchev–Trinajstić information content (AvgIpc) is 2.83. The second-order valence-electron chi connectivity index (χ2n) is 10.9. The Bertz CT molecular complexity index is 1000. The Morgan fingerprint density at radius 2 is 0.898 bits per heavy atom. The first kappa shape index (κ1) is 45.5. The van der Waals surface area contributed by atoms with E-state index in [2.05, 4.69) is 28.4 Å². The van der Waals surface area contributed by atoms with E-state index in [0.717, 1.165) is 0 Å². The Labute approximate surface area is 265 Å². The van der Waals surface area contributed by atoms with Gasteiger partial charge in [0.2, 0.25) is 5.85 Å². The van der Waals surface area contributed by atoms with Crippen LogP contribution in [0.4, 0.5) is 74.6 Å². The lowest BCUT2D eigenvalue weighted by Crippen LogP contribution is -2.54. The molecule has 8 nitrogen and oxygen atoms in total. The number of hydrogen-bond acceptors (Lipinski definition) is 8. The van der Waals surface area contributed by atoms with Gasteiger partial charge >= 0.3 is 24.4 Å². The molecule has 2 atom stereocenters. The summed E-state index contributed by atoms with van der Waals surface area (Å²) < 4.78 is 255. The van der Waals surface area contributed by atoms with E-state index in [1.54, 1.807) is 0 Å². The molecule has 1 fully saturated rings. The summed E-state index contributed by atoms with van der Waals surface area (Å²) in [5, 5.41) is 16.8. The molecule has 0 aliphatic heterocycles. The summed E-state index contributed by atoms with van der Waals surface area (Å²) >= 11 is 0. The Balaban J connectivity index is 2.63. The lowest BCUT2D eigenvalue weighted by Gasteiger charge is -2.43. The molecule has 0 heterocycles. The number of ether oxygens (including phenoxy) is 6. The van der Waals surface area contributed by atoms with E-state index in [0.29, 0.717) is 0 Å². The summed E-state index contributed by atoms with van der Waals surface area (Å²) in [5.41, 5.74) is 0. The third-order valence-corrected chi connectivity index (χ3v) is 5.90. The lowest BCUT2D eigenvalue weighted by atomic mass is 9.88. The summed E-state index contributed by atoms with van der Waals surface area (Å²) in [5.74, 6) is -20.9. The van der Waals surface area contributed by atoms with Gasteiger partial charge in [0.1, 0.15) is 58.6 Å². The van der Waals surface area contributed by atoms with Crippen molar-refractivity contribution in [2.75, 3.05) is 52.9 Å². The van der Waals surface area contributed by atoms with Crippen molar-refractivity contribution in [1.29, 1.82) is 0 Å². The van der Waals surface area contributed by atoms with E-state index in [1.165, 1.54) is 0 Å².